The van der Waals surface area contributed by atoms with Gasteiger partial charge in [0.1, 0.15) is 6.61 Å². The van der Waals surface area contributed by atoms with Gasteiger partial charge < -0.3 is 14.9 Å². The molecule has 0 heterocycles. The van der Waals surface area contributed by atoms with Crippen LogP contribution in [0.5, 0.6) is 11.5 Å². The molecule has 0 amide bonds. The van der Waals surface area contributed by atoms with E-state index < -0.39 is 0 Å². The van der Waals surface area contributed by atoms with Crippen molar-refractivity contribution in [1.82, 2.24) is 5.43 Å². The van der Waals surface area contributed by atoms with Crippen molar-refractivity contribution >= 4 is 5.69 Å². The fourth-order valence-electron chi connectivity index (χ4n) is 1.86. The topological polar surface area (TPSA) is 42.5 Å². The Bertz CT molecular complexity index is 570. The van der Waals surface area contributed by atoms with Crippen molar-refractivity contribution in [3.8, 4) is 11.5 Å². The van der Waals surface area contributed by atoms with E-state index in [2.05, 4.69) is 17.4 Å². The average Bonchev–Trinajstić information content (AvgIpc) is 2.54. The third-order valence-corrected chi connectivity index (χ3v) is 2.88. The fourth-order valence-corrected chi connectivity index (χ4v) is 1.86. The lowest BCUT2D eigenvalue weighted by atomic mass is 10.2. The lowest BCUT2D eigenvalue weighted by Crippen LogP contribution is -2.20. The number of ether oxygens (including phenoxy) is 2. The largest absolute Gasteiger partial charge is 0.493 e. The maximum atomic E-state index is 5.53. The molecule has 2 N–H and O–H groups in total. The predicted octanol–water partition coefficient (Wildman–Crippen LogP) is 3.38. The summed E-state index contributed by atoms with van der Waals surface area (Å²) in [5.41, 5.74) is 8.44. The Morgan fingerprint density at radius 2 is 1.90 bits per heavy atom. The zero-order chi connectivity index (χ0) is 14.9. The molecule has 0 aliphatic rings. The van der Waals surface area contributed by atoms with Crippen molar-refractivity contribution in [3.63, 3.8) is 0 Å². The summed E-state index contributed by atoms with van der Waals surface area (Å²) < 4.78 is 10.9. The number of hydrogen-bond donors (Lipinski definition) is 2. The van der Waals surface area contributed by atoms with Crippen LogP contribution in [0.1, 0.15) is 5.56 Å². The number of anilines is 1. The normalized spacial score (nSPS) is 9.95. The van der Waals surface area contributed by atoms with Crippen LogP contribution in [-0.4, -0.2) is 13.7 Å². The quantitative estimate of drug-likeness (QED) is 0.576. The number of rotatable bonds is 8. The van der Waals surface area contributed by atoms with Crippen molar-refractivity contribution < 1.29 is 9.47 Å². The molecular weight excluding hydrogens is 264 g/mol. The van der Waals surface area contributed by atoms with Crippen LogP contribution in [0.15, 0.2) is 61.2 Å². The first-order valence-electron chi connectivity index (χ1n) is 6.78. The third-order valence-electron chi connectivity index (χ3n) is 2.88. The molecule has 2 aromatic rings. The van der Waals surface area contributed by atoms with Crippen LogP contribution in [0.25, 0.3) is 0 Å². The predicted molar refractivity (Wildman–Crippen MR) is 85.6 cm³/mol. The Balaban J connectivity index is 1.92. The van der Waals surface area contributed by atoms with Crippen molar-refractivity contribution in [2.45, 2.75) is 6.54 Å². The minimum absolute atomic E-state index is 0.462. The lowest BCUT2D eigenvalue weighted by Gasteiger charge is -2.12. The highest BCUT2D eigenvalue weighted by molar-refractivity contribution is 5.44. The van der Waals surface area contributed by atoms with Crippen LogP contribution < -0.4 is 20.3 Å². The van der Waals surface area contributed by atoms with E-state index in [-0.39, 0.29) is 0 Å². The Hall–Kier alpha value is -2.46. The Kier molecular flexibility index (Phi) is 5.67. The van der Waals surface area contributed by atoms with Gasteiger partial charge in [0.25, 0.3) is 0 Å². The second-order valence-corrected chi connectivity index (χ2v) is 4.43. The molecule has 0 saturated carbocycles. The van der Waals surface area contributed by atoms with Gasteiger partial charge in [-0.15, -0.1) is 0 Å². The van der Waals surface area contributed by atoms with Crippen LogP contribution >= 0.6 is 0 Å². The van der Waals surface area contributed by atoms with Gasteiger partial charge >= 0.3 is 0 Å². The number of methoxy groups -OCH3 is 1. The molecule has 4 nitrogen and oxygen atoms in total. The Morgan fingerprint density at radius 1 is 1.10 bits per heavy atom. The van der Waals surface area contributed by atoms with Crippen LogP contribution in [0.2, 0.25) is 0 Å². The SMILES string of the molecule is C=CCOc1ccc(CNNc2ccccc2)cc1OC. The Morgan fingerprint density at radius 3 is 2.62 bits per heavy atom. The highest BCUT2D eigenvalue weighted by atomic mass is 16.5. The number of nitrogens with one attached hydrogen (secondary N) is 2. The first kappa shape index (κ1) is 14.9. The molecule has 110 valence electrons. The number of benzene rings is 2. The van der Waals surface area contributed by atoms with Crippen molar-refractivity contribution in [3.05, 3.63) is 66.7 Å². The molecule has 2 aromatic carbocycles. The van der Waals surface area contributed by atoms with E-state index in [0.29, 0.717) is 13.2 Å². The Labute approximate surface area is 125 Å². The van der Waals surface area contributed by atoms with E-state index in [9.17, 15) is 0 Å². The first-order valence-corrected chi connectivity index (χ1v) is 6.78. The van der Waals surface area contributed by atoms with Crippen LogP contribution in [0.3, 0.4) is 0 Å². The highest BCUT2D eigenvalue weighted by Crippen LogP contribution is 2.28. The number of hydrazine groups is 1. The van der Waals surface area contributed by atoms with Crippen LogP contribution in [-0.2, 0) is 6.54 Å². The zero-order valence-electron chi connectivity index (χ0n) is 12.1. The monoisotopic (exact) mass is 284 g/mol. The molecule has 2 rings (SSSR count). The summed E-state index contributed by atoms with van der Waals surface area (Å²) in [6.45, 7) is 4.77. The molecule has 0 aliphatic heterocycles. The fraction of sp³-hybridized carbons (Fsp3) is 0.176. The maximum absolute atomic E-state index is 5.53. The van der Waals surface area contributed by atoms with Gasteiger partial charge in [0, 0.05) is 12.2 Å². The molecule has 21 heavy (non-hydrogen) atoms. The minimum atomic E-state index is 0.462. The molecule has 0 saturated heterocycles. The molecule has 0 spiro atoms. The number of para-hydroxylation sites is 1. The molecule has 0 aliphatic carbocycles. The molecular formula is C17H20N2O2. The standard InChI is InChI=1S/C17H20N2O2/c1-3-11-21-16-10-9-14(12-17(16)20-2)13-18-19-15-7-5-4-6-8-15/h3-10,12,18-19H,1,11,13H2,2H3. The van der Waals surface area contributed by atoms with E-state index in [1.165, 1.54) is 0 Å². The minimum Gasteiger partial charge on any atom is -0.493 e. The summed E-state index contributed by atoms with van der Waals surface area (Å²) in [6.07, 6.45) is 1.71. The van der Waals surface area contributed by atoms with Crippen molar-refractivity contribution in [2.75, 3.05) is 19.1 Å². The second-order valence-electron chi connectivity index (χ2n) is 4.43. The van der Waals surface area contributed by atoms with Crippen molar-refractivity contribution in [1.29, 1.82) is 0 Å². The molecule has 0 radical (unpaired) electrons. The molecule has 0 unspecified atom stereocenters. The van der Waals surface area contributed by atoms with Gasteiger partial charge in [0.15, 0.2) is 11.5 Å². The summed E-state index contributed by atoms with van der Waals surface area (Å²) in [5, 5.41) is 0. The molecule has 4 heteroatoms. The summed E-state index contributed by atoms with van der Waals surface area (Å²) in [4.78, 5) is 0. The van der Waals surface area contributed by atoms with Crippen molar-refractivity contribution in [2.24, 2.45) is 0 Å². The summed E-state index contributed by atoms with van der Waals surface area (Å²) in [6, 6.07) is 15.8. The summed E-state index contributed by atoms with van der Waals surface area (Å²) >= 11 is 0. The van der Waals surface area contributed by atoms with Gasteiger partial charge in [-0.1, -0.05) is 36.9 Å². The van der Waals surface area contributed by atoms with Gasteiger partial charge in [0.2, 0.25) is 0 Å². The van der Waals surface area contributed by atoms with Crippen LogP contribution in [0, 0.1) is 0 Å². The highest BCUT2D eigenvalue weighted by Gasteiger charge is 2.05. The maximum Gasteiger partial charge on any atom is 0.161 e. The average molecular weight is 284 g/mol. The molecule has 0 fully saturated rings. The molecule has 0 aromatic heterocycles. The first-order chi connectivity index (χ1) is 10.3. The van der Waals surface area contributed by atoms with Crippen LogP contribution in [0.4, 0.5) is 5.69 Å². The van der Waals surface area contributed by atoms with Gasteiger partial charge in [-0.3, -0.25) is 0 Å². The van der Waals surface area contributed by atoms with E-state index in [0.717, 1.165) is 22.7 Å². The summed E-state index contributed by atoms with van der Waals surface area (Å²) in [5.74, 6) is 1.44. The van der Waals surface area contributed by atoms with E-state index in [1.54, 1.807) is 13.2 Å². The van der Waals surface area contributed by atoms with Gasteiger partial charge in [-0.05, 0) is 29.8 Å². The zero-order valence-corrected chi connectivity index (χ0v) is 12.1. The van der Waals surface area contributed by atoms with Gasteiger partial charge in [-0.2, -0.15) is 0 Å². The second kappa shape index (κ2) is 7.97. The molecule has 0 atom stereocenters. The van der Waals surface area contributed by atoms with E-state index in [1.807, 2.05) is 48.5 Å². The third kappa shape index (κ3) is 4.54. The smallest absolute Gasteiger partial charge is 0.161 e. The van der Waals surface area contributed by atoms with Gasteiger partial charge in [0.05, 0.1) is 7.11 Å². The number of hydrogen-bond acceptors (Lipinski definition) is 4. The van der Waals surface area contributed by atoms with Gasteiger partial charge in [-0.25, -0.2) is 5.43 Å². The van der Waals surface area contributed by atoms with E-state index >= 15 is 0 Å². The molecule has 0 bridgehead atoms. The summed E-state index contributed by atoms with van der Waals surface area (Å²) in [7, 11) is 1.63. The van der Waals surface area contributed by atoms with E-state index in [4.69, 9.17) is 9.47 Å². The lowest BCUT2D eigenvalue weighted by molar-refractivity contribution is 0.326.